The summed E-state index contributed by atoms with van der Waals surface area (Å²) in [7, 11) is 0. The molecule has 21 heavy (non-hydrogen) atoms. The van der Waals surface area contributed by atoms with E-state index in [-0.39, 0.29) is 29.6 Å². The minimum absolute atomic E-state index is 0. The molecule has 0 fully saturated rings. The number of rotatable bonds is 2. The van der Waals surface area contributed by atoms with Crippen molar-refractivity contribution in [1.29, 1.82) is 0 Å². The molecule has 0 spiro atoms. The van der Waals surface area contributed by atoms with E-state index in [1.54, 1.807) is 0 Å². The molecule has 0 bridgehead atoms. The topological polar surface area (TPSA) is 138 Å². The van der Waals surface area contributed by atoms with E-state index in [9.17, 15) is 0 Å². The Morgan fingerprint density at radius 3 is 0.714 bits per heavy atom. The zero-order chi connectivity index (χ0) is 17.6. The SMILES string of the molecule is CCC(C)C.CCC(C)C.[Na+].[O-]P([O-])([O-])=S.[O-]P([O-])([O-])=S. The first kappa shape index (κ1) is 34.4. The van der Waals surface area contributed by atoms with Crippen LogP contribution in [0.15, 0.2) is 0 Å². The third-order valence-electron chi connectivity index (χ3n) is 1.63. The Hall–Kier alpha value is 2.06. The van der Waals surface area contributed by atoms with Crippen LogP contribution in [-0.2, 0) is 23.6 Å². The van der Waals surface area contributed by atoms with Crippen LogP contribution in [0.1, 0.15) is 54.4 Å². The van der Waals surface area contributed by atoms with Gasteiger partial charge in [0.15, 0.2) is 0 Å². The van der Waals surface area contributed by atoms with Crippen LogP contribution >= 0.6 is 13.4 Å². The van der Waals surface area contributed by atoms with E-state index in [4.69, 9.17) is 29.4 Å². The van der Waals surface area contributed by atoms with E-state index in [1.807, 2.05) is 0 Å². The van der Waals surface area contributed by atoms with Crippen LogP contribution in [0, 0.1) is 11.8 Å². The third kappa shape index (κ3) is 242. The van der Waals surface area contributed by atoms with Gasteiger partial charge in [-0.2, -0.15) is 23.6 Å². The summed E-state index contributed by atoms with van der Waals surface area (Å²) in [6.45, 7) is 4.18. The van der Waals surface area contributed by atoms with E-state index in [2.05, 4.69) is 65.2 Å². The molecule has 0 heterocycles. The molecule has 0 atom stereocenters. The first-order valence-corrected chi connectivity index (χ1v) is 11.1. The monoisotopic (exact) mass is 389 g/mol. The van der Waals surface area contributed by atoms with Crippen LogP contribution in [0.5, 0.6) is 0 Å². The molecule has 0 amide bonds. The molecule has 0 aliphatic heterocycles. The fourth-order valence-corrected chi connectivity index (χ4v) is 0. The maximum atomic E-state index is 8.92. The predicted octanol–water partition coefficient (Wildman–Crippen LogP) is -4.31. The van der Waals surface area contributed by atoms with Crippen molar-refractivity contribution in [2.75, 3.05) is 0 Å². The van der Waals surface area contributed by atoms with Crippen molar-refractivity contribution >= 4 is 37.1 Å². The van der Waals surface area contributed by atoms with Gasteiger partial charge in [0.1, 0.15) is 0 Å². The van der Waals surface area contributed by atoms with Crippen LogP contribution in [0.25, 0.3) is 0 Å². The molecule has 0 N–H and O–H groups in total. The molecule has 11 heteroatoms. The first-order valence-electron chi connectivity index (χ1n) is 6.00. The van der Waals surface area contributed by atoms with Crippen molar-refractivity contribution in [3.63, 3.8) is 0 Å². The summed E-state index contributed by atoms with van der Waals surface area (Å²) in [6, 6.07) is 0. The average molecular weight is 389 g/mol. The van der Waals surface area contributed by atoms with Crippen LogP contribution in [0.2, 0.25) is 0 Å². The van der Waals surface area contributed by atoms with E-state index >= 15 is 0 Å². The zero-order valence-corrected chi connectivity index (χ0v) is 19.2. The zero-order valence-electron chi connectivity index (χ0n) is 13.7. The molecule has 0 saturated carbocycles. The summed E-state index contributed by atoms with van der Waals surface area (Å²) in [5, 5.41) is 0. The van der Waals surface area contributed by atoms with Crippen molar-refractivity contribution < 1.29 is 58.9 Å². The van der Waals surface area contributed by atoms with Gasteiger partial charge in [0.2, 0.25) is 0 Å². The van der Waals surface area contributed by atoms with Gasteiger partial charge in [-0.05, 0) is 11.8 Å². The van der Waals surface area contributed by atoms with Gasteiger partial charge >= 0.3 is 29.6 Å². The van der Waals surface area contributed by atoms with Crippen LogP contribution in [0.4, 0.5) is 0 Å². The maximum absolute atomic E-state index is 8.92. The molecule has 6 nitrogen and oxygen atoms in total. The van der Waals surface area contributed by atoms with Gasteiger partial charge in [-0.25, -0.2) is 0 Å². The largest absolute Gasteiger partial charge is 1.00 e. The molecule has 0 radical (unpaired) electrons. The molecule has 0 aromatic carbocycles. The van der Waals surface area contributed by atoms with E-state index in [0.717, 1.165) is 11.8 Å². The molecule has 0 aliphatic carbocycles. The van der Waals surface area contributed by atoms with Gasteiger partial charge in [0.05, 0.1) is 0 Å². The smallest absolute Gasteiger partial charge is 0.844 e. The quantitative estimate of drug-likeness (QED) is 0.341. The Bertz CT molecular complexity index is 236. The second-order valence-corrected chi connectivity index (χ2v) is 8.97. The van der Waals surface area contributed by atoms with Gasteiger partial charge < -0.3 is 42.8 Å². The summed E-state index contributed by atoms with van der Waals surface area (Å²) in [4.78, 5) is 53.5. The van der Waals surface area contributed by atoms with Crippen LogP contribution in [-0.4, -0.2) is 0 Å². The van der Waals surface area contributed by atoms with Gasteiger partial charge in [0, 0.05) is 0 Å². The summed E-state index contributed by atoms with van der Waals surface area (Å²) in [5.74, 6) is 1.77. The maximum Gasteiger partial charge on any atom is 1.00 e. The minimum Gasteiger partial charge on any atom is -0.844 e. The van der Waals surface area contributed by atoms with E-state index in [1.165, 1.54) is 12.8 Å². The summed E-state index contributed by atoms with van der Waals surface area (Å²) in [5.41, 5.74) is 0. The fourth-order valence-electron chi connectivity index (χ4n) is 0. The van der Waals surface area contributed by atoms with Gasteiger partial charge in [0.25, 0.3) is 0 Å². The number of hydrogen-bond acceptors (Lipinski definition) is 8. The second-order valence-electron chi connectivity index (χ2n) is 4.50. The van der Waals surface area contributed by atoms with Gasteiger partial charge in [-0.1, -0.05) is 54.4 Å². The third-order valence-corrected chi connectivity index (χ3v) is 1.63. The van der Waals surface area contributed by atoms with Crippen molar-refractivity contribution in [1.82, 2.24) is 0 Å². The van der Waals surface area contributed by atoms with Gasteiger partial charge in [-0.15, -0.1) is 0 Å². The fraction of sp³-hybridized carbons (Fsp3) is 1.00. The second kappa shape index (κ2) is 20.1. The first-order chi connectivity index (χ1) is 8.54. The minimum atomic E-state index is -4.56. The molecule has 0 aliphatic rings. The van der Waals surface area contributed by atoms with Crippen molar-refractivity contribution in [3.8, 4) is 0 Å². The van der Waals surface area contributed by atoms with E-state index in [0.29, 0.717) is 0 Å². The van der Waals surface area contributed by atoms with Gasteiger partial charge in [-0.3, -0.25) is 0 Å². The summed E-state index contributed by atoms with van der Waals surface area (Å²) in [6.07, 6.45) is 2.61. The standard InChI is InChI=1S/2C5H12.Na.2H3O3PS/c2*1-4-5(2)3;;2*1-4(2,3)5/h2*5H,4H2,1-3H3;;2*(H3,1,2,3,5)/q;;+1;;/p-6. The van der Waals surface area contributed by atoms with Crippen LogP contribution in [0.3, 0.4) is 0 Å². The van der Waals surface area contributed by atoms with Crippen molar-refractivity contribution in [2.45, 2.75) is 54.4 Å². The predicted molar refractivity (Wildman–Crippen MR) is 78.8 cm³/mol. The normalized spacial score (nSPS) is 10.2. The molecule has 0 saturated heterocycles. The Morgan fingerprint density at radius 1 is 0.667 bits per heavy atom. The molecule has 0 unspecified atom stereocenters. The molecular formula is C10H24NaO6P2S2-5. The van der Waals surface area contributed by atoms with Crippen LogP contribution < -0.4 is 58.9 Å². The molecule has 0 rings (SSSR count). The van der Waals surface area contributed by atoms with Crippen molar-refractivity contribution in [2.24, 2.45) is 11.8 Å². The van der Waals surface area contributed by atoms with Crippen molar-refractivity contribution in [3.05, 3.63) is 0 Å². The Morgan fingerprint density at radius 2 is 0.714 bits per heavy atom. The Kier molecular flexibility index (Phi) is 32.9. The summed E-state index contributed by atoms with van der Waals surface area (Å²) < 4.78 is 0. The Balaban J connectivity index is -0.0000000533. The average Bonchev–Trinajstić information content (AvgIpc) is 2.13. The number of hydrogen-bond donors (Lipinski definition) is 0. The molecule has 0 aromatic rings. The summed E-state index contributed by atoms with van der Waals surface area (Å²) >= 11 is 6.54. The molecule has 128 valence electrons. The molecular weight excluding hydrogens is 365 g/mol. The molecule has 0 aromatic heterocycles. The van der Waals surface area contributed by atoms with E-state index < -0.39 is 13.4 Å². The Labute approximate surface area is 161 Å².